The molecule has 0 aromatic heterocycles. The van der Waals surface area contributed by atoms with E-state index in [4.69, 9.17) is 14.2 Å². The molecule has 1 amide bonds. The Balaban J connectivity index is 2.10. The van der Waals surface area contributed by atoms with Gasteiger partial charge in [-0.2, -0.15) is 0 Å². The molecule has 1 atom stereocenters. The first-order valence-corrected chi connectivity index (χ1v) is 12.8. The molecule has 37 heavy (non-hydrogen) atoms. The van der Waals surface area contributed by atoms with Gasteiger partial charge in [0, 0.05) is 18.7 Å². The predicted molar refractivity (Wildman–Crippen MR) is 143 cm³/mol. The Morgan fingerprint density at radius 1 is 1.00 bits per heavy atom. The summed E-state index contributed by atoms with van der Waals surface area (Å²) in [6.45, 7) is 6.06. The SMILES string of the molecule is CCCCOc1ccc(C2C(=C(O)c3cccc(OCCC)c3)C(=O)C(=O)N2CCN(C)C)cc1OC. The van der Waals surface area contributed by atoms with Crippen molar-refractivity contribution in [1.29, 1.82) is 0 Å². The number of rotatable bonds is 13. The van der Waals surface area contributed by atoms with Gasteiger partial charge in [0.25, 0.3) is 11.7 Å². The van der Waals surface area contributed by atoms with Gasteiger partial charge in [0.1, 0.15) is 11.5 Å². The number of carbonyl (C=O) groups is 2. The molecule has 8 heteroatoms. The molecular weight excluding hydrogens is 472 g/mol. The smallest absolute Gasteiger partial charge is 0.295 e. The fourth-order valence-corrected chi connectivity index (χ4v) is 4.17. The van der Waals surface area contributed by atoms with E-state index in [0.717, 1.165) is 19.3 Å². The molecule has 2 aromatic rings. The minimum absolute atomic E-state index is 0.0399. The lowest BCUT2D eigenvalue weighted by atomic mass is 9.95. The zero-order valence-electron chi connectivity index (χ0n) is 22.5. The first-order chi connectivity index (χ1) is 17.8. The van der Waals surface area contributed by atoms with Gasteiger partial charge >= 0.3 is 0 Å². The number of benzene rings is 2. The largest absolute Gasteiger partial charge is 0.507 e. The zero-order chi connectivity index (χ0) is 26.9. The van der Waals surface area contributed by atoms with E-state index < -0.39 is 17.7 Å². The highest BCUT2D eigenvalue weighted by molar-refractivity contribution is 6.46. The van der Waals surface area contributed by atoms with E-state index in [1.807, 2.05) is 32.0 Å². The Morgan fingerprint density at radius 3 is 2.46 bits per heavy atom. The van der Waals surface area contributed by atoms with Crippen LogP contribution in [0.15, 0.2) is 48.0 Å². The minimum atomic E-state index is -0.779. The van der Waals surface area contributed by atoms with Gasteiger partial charge in [-0.25, -0.2) is 0 Å². The van der Waals surface area contributed by atoms with Crippen molar-refractivity contribution in [3.05, 3.63) is 59.2 Å². The zero-order valence-corrected chi connectivity index (χ0v) is 22.5. The summed E-state index contributed by atoms with van der Waals surface area (Å²) in [5, 5.41) is 11.4. The number of ether oxygens (including phenoxy) is 3. The molecular formula is C29H38N2O6. The van der Waals surface area contributed by atoms with Crippen LogP contribution in [0.2, 0.25) is 0 Å². The van der Waals surface area contributed by atoms with Crippen molar-refractivity contribution in [2.75, 3.05) is 47.5 Å². The second kappa shape index (κ2) is 13.1. The van der Waals surface area contributed by atoms with Gasteiger partial charge in [-0.1, -0.05) is 38.5 Å². The number of nitrogens with zero attached hydrogens (tertiary/aromatic N) is 2. The van der Waals surface area contributed by atoms with E-state index >= 15 is 0 Å². The Hall–Kier alpha value is -3.52. The van der Waals surface area contributed by atoms with Crippen LogP contribution in [0.4, 0.5) is 0 Å². The number of ketones is 1. The molecule has 0 aliphatic carbocycles. The number of aliphatic hydroxyl groups excluding tert-OH is 1. The first kappa shape index (κ1) is 28.1. The van der Waals surface area contributed by atoms with Crippen LogP contribution in [0.3, 0.4) is 0 Å². The maximum Gasteiger partial charge on any atom is 0.295 e. The fraction of sp³-hybridized carbons (Fsp3) is 0.448. The monoisotopic (exact) mass is 510 g/mol. The van der Waals surface area contributed by atoms with Crippen LogP contribution in [0.25, 0.3) is 5.76 Å². The maximum absolute atomic E-state index is 13.3. The number of likely N-dealkylation sites (N-methyl/N-ethyl adjacent to an activating group) is 1. The Labute approximate surface area is 219 Å². The van der Waals surface area contributed by atoms with Crippen molar-refractivity contribution < 1.29 is 28.9 Å². The predicted octanol–water partition coefficient (Wildman–Crippen LogP) is 4.65. The van der Waals surface area contributed by atoms with Crippen molar-refractivity contribution in [3.8, 4) is 17.2 Å². The summed E-state index contributed by atoms with van der Waals surface area (Å²) in [5.74, 6) is 0.0734. The second-order valence-electron chi connectivity index (χ2n) is 9.28. The van der Waals surface area contributed by atoms with E-state index in [-0.39, 0.29) is 11.3 Å². The molecule has 3 rings (SSSR count). The van der Waals surface area contributed by atoms with Crippen molar-refractivity contribution in [2.45, 2.75) is 39.2 Å². The van der Waals surface area contributed by atoms with E-state index in [9.17, 15) is 14.7 Å². The summed E-state index contributed by atoms with van der Waals surface area (Å²) in [6, 6.07) is 11.5. The van der Waals surface area contributed by atoms with E-state index in [1.54, 1.807) is 43.5 Å². The van der Waals surface area contributed by atoms with Crippen LogP contribution < -0.4 is 14.2 Å². The lowest BCUT2D eigenvalue weighted by Gasteiger charge is -2.27. The third kappa shape index (κ3) is 6.63. The van der Waals surface area contributed by atoms with Gasteiger partial charge in [-0.05, 0) is 56.8 Å². The summed E-state index contributed by atoms with van der Waals surface area (Å²) in [7, 11) is 5.36. The first-order valence-electron chi connectivity index (χ1n) is 12.8. The number of likely N-dealkylation sites (tertiary alicyclic amines) is 1. The summed E-state index contributed by atoms with van der Waals surface area (Å²) in [6.07, 6.45) is 2.76. The molecule has 0 bridgehead atoms. The van der Waals surface area contributed by atoms with Gasteiger partial charge in [0.15, 0.2) is 11.5 Å². The molecule has 2 aromatic carbocycles. The van der Waals surface area contributed by atoms with Crippen LogP contribution in [0, 0.1) is 0 Å². The van der Waals surface area contributed by atoms with Gasteiger partial charge in [-0.15, -0.1) is 0 Å². The molecule has 1 saturated heterocycles. The minimum Gasteiger partial charge on any atom is -0.507 e. The summed E-state index contributed by atoms with van der Waals surface area (Å²) >= 11 is 0. The molecule has 0 saturated carbocycles. The van der Waals surface area contributed by atoms with Crippen LogP contribution in [0.1, 0.15) is 50.3 Å². The van der Waals surface area contributed by atoms with Crippen LogP contribution in [0.5, 0.6) is 17.2 Å². The molecule has 0 radical (unpaired) electrons. The quantitative estimate of drug-likeness (QED) is 0.182. The third-order valence-electron chi connectivity index (χ3n) is 6.17. The number of methoxy groups -OCH3 is 1. The fourth-order valence-electron chi connectivity index (χ4n) is 4.17. The van der Waals surface area contributed by atoms with Gasteiger partial charge in [0.2, 0.25) is 0 Å². The molecule has 8 nitrogen and oxygen atoms in total. The lowest BCUT2D eigenvalue weighted by Crippen LogP contribution is -2.35. The average Bonchev–Trinajstić information content (AvgIpc) is 3.15. The Kier molecular flexibility index (Phi) is 9.97. The number of hydrogen-bond donors (Lipinski definition) is 1. The van der Waals surface area contributed by atoms with E-state index in [2.05, 4.69) is 6.92 Å². The number of aliphatic hydroxyl groups is 1. The molecule has 1 aliphatic rings. The highest BCUT2D eigenvalue weighted by Crippen LogP contribution is 2.42. The molecule has 200 valence electrons. The molecule has 1 fully saturated rings. The van der Waals surface area contributed by atoms with Gasteiger partial charge in [-0.3, -0.25) is 9.59 Å². The second-order valence-corrected chi connectivity index (χ2v) is 9.28. The van der Waals surface area contributed by atoms with Crippen LogP contribution in [-0.2, 0) is 9.59 Å². The highest BCUT2D eigenvalue weighted by atomic mass is 16.5. The number of carbonyl (C=O) groups excluding carboxylic acids is 2. The Bertz CT molecular complexity index is 1130. The summed E-state index contributed by atoms with van der Waals surface area (Å²) in [4.78, 5) is 29.9. The highest BCUT2D eigenvalue weighted by Gasteiger charge is 2.46. The van der Waals surface area contributed by atoms with E-state index in [1.165, 1.54) is 4.90 Å². The third-order valence-corrected chi connectivity index (χ3v) is 6.17. The number of hydrogen-bond acceptors (Lipinski definition) is 7. The summed E-state index contributed by atoms with van der Waals surface area (Å²) in [5.41, 5.74) is 1.10. The average molecular weight is 511 g/mol. The number of amides is 1. The Morgan fingerprint density at radius 2 is 1.78 bits per heavy atom. The number of Topliss-reactive ketones (excluding diaryl/α,β-unsaturated/α-hetero) is 1. The van der Waals surface area contributed by atoms with Crippen molar-refractivity contribution >= 4 is 17.4 Å². The van der Waals surface area contributed by atoms with Crippen molar-refractivity contribution in [2.24, 2.45) is 0 Å². The normalized spacial score (nSPS) is 16.9. The lowest BCUT2D eigenvalue weighted by molar-refractivity contribution is -0.140. The number of unbranched alkanes of at least 4 members (excludes halogenated alkanes) is 1. The molecule has 1 unspecified atom stereocenters. The molecule has 1 heterocycles. The van der Waals surface area contributed by atoms with Gasteiger partial charge in [0.05, 0.1) is 31.9 Å². The molecule has 0 spiro atoms. The topological polar surface area (TPSA) is 88.5 Å². The summed E-state index contributed by atoms with van der Waals surface area (Å²) < 4.78 is 17.2. The van der Waals surface area contributed by atoms with Crippen LogP contribution in [-0.4, -0.2) is 74.1 Å². The molecule has 1 N–H and O–H groups in total. The molecule has 1 aliphatic heterocycles. The standard InChI is InChI=1S/C29H38N2O6/c1-6-8-17-37-23-13-12-20(19-24(23)35-5)26-25(28(33)29(34)31(26)15-14-30(3)4)27(32)21-10-9-11-22(18-21)36-16-7-2/h9-13,18-19,26,32H,6-8,14-17H2,1-5H3. The van der Waals surface area contributed by atoms with Crippen LogP contribution >= 0.6 is 0 Å². The maximum atomic E-state index is 13.3. The van der Waals surface area contributed by atoms with E-state index in [0.29, 0.717) is 54.7 Å². The van der Waals surface area contributed by atoms with Gasteiger partial charge < -0.3 is 29.1 Å². The van der Waals surface area contributed by atoms with Crippen molar-refractivity contribution in [3.63, 3.8) is 0 Å². The van der Waals surface area contributed by atoms with Crippen molar-refractivity contribution in [1.82, 2.24) is 9.80 Å².